The lowest BCUT2D eigenvalue weighted by Gasteiger charge is -2.46. The molecule has 3 heteroatoms. The smallest absolute Gasteiger partial charge is 0.0631 e. The highest BCUT2D eigenvalue weighted by Crippen LogP contribution is 2.36. The first kappa shape index (κ1) is 12.2. The van der Waals surface area contributed by atoms with Gasteiger partial charge in [0.05, 0.1) is 11.7 Å². The van der Waals surface area contributed by atoms with E-state index in [9.17, 15) is 0 Å². The predicted molar refractivity (Wildman–Crippen MR) is 73.6 cm³/mol. The maximum absolute atomic E-state index is 4.83. The lowest BCUT2D eigenvalue weighted by molar-refractivity contribution is 0.0978. The summed E-state index contributed by atoms with van der Waals surface area (Å²) >= 11 is 0. The SMILES string of the molecule is CC(C)C1(Cc2ccn(C3CCCC3)n2)CNC1. The second kappa shape index (κ2) is 4.69. The lowest BCUT2D eigenvalue weighted by Crippen LogP contribution is -2.57. The first-order valence-corrected chi connectivity index (χ1v) is 7.44. The van der Waals surface area contributed by atoms with Gasteiger partial charge in [-0.1, -0.05) is 26.7 Å². The summed E-state index contributed by atoms with van der Waals surface area (Å²) in [5.41, 5.74) is 1.74. The van der Waals surface area contributed by atoms with Gasteiger partial charge in [-0.25, -0.2) is 0 Å². The Morgan fingerprint density at radius 2 is 2.11 bits per heavy atom. The fourth-order valence-corrected chi connectivity index (χ4v) is 3.39. The standard InChI is InChI=1S/C15H25N3/c1-12(2)15(10-16-11-15)9-13-7-8-18(17-13)14-5-3-4-6-14/h7-8,12,14,16H,3-6,9-11H2,1-2H3. The fraction of sp³-hybridized carbons (Fsp3) is 0.800. The van der Waals surface area contributed by atoms with Crippen LogP contribution in [-0.2, 0) is 6.42 Å². The van der Waals surface area contributed by atoms with E-state index in [1.54, 1.807) is 0 Å². The van der Waals surface area contributed by atoms with Gasteiger partial charge < -0.3 is 5.32 Å². The molecule has 1 saturated carbocycles. The summed E-state index contributed by atoms with van der Waals surface area (Å²) in [5.74, 6) is 0.732. The highest BCUT2D eigenvalue weighted by atomic mass is 15.3. The first-order valence-electron chi connectivity index (χ1n) is 7.44. The number of hydrogen-bond donors (Lipinski definition) is 1. The van der Waals surface area contributed by atoms with Gasteiger partial charge in [0.15, 0.2) is 0 Å². The zero-order valence-electron chi connectivity index (χ0n) is 11.7. The molecule has 1 aromatic heterocycles. The van der Waals surface area contributed by atoms with Crippen molar-refractivity contribution < 1.29 is 0 Å². The van der Waals surface area contributed by atoms with E-state index in [2.05, 4.69) is 36.1 Å². The molecule has 1 aliphatic heterocycles. The van der Waals surface area contributed by atoms with Crippen molar-refractivity contribution >= 4 is 0 Å². The molecule has 0 bridgehead atoms. The van der Waals surface area contributed by atoms with Gasteiger partial charge in [0.2, 0.25) is 0 Å². The minimum absolute atomic E-state index is 0.453. The number of nitrogens with one attached hydrogen (secondary N) is 1. The van der Waals surface area contributed by atoms with Crippen LogP contribution in [0.2, 0.25) is 0 Å². The number of nitrogens with zero attached hydrogens (tertiary/aromatic N) is 2. The summed E-state index contributed by atoms with van der Waals surface area (Å²) in [4.78, 5) is 0. The molecule has 3 rings (SSSR count). The molecule has 1 N–H and O–H groups in total. The van der Waals surface area contributed by atoms with Crippen molar-refractivity contribution in [2.45, 2.75) is 52.0 Å². The molecule has 1 aromatic rings. The Bertz CT molecular complexity index is 398. The van der Waals surface area contributed by atoms with E-state index >= 15 is 0 Å². The average Bonchev–Trinajstić information content (AvgIpc) is 2.93. The van der Waals surface area contributed by atoms with E-state index in [-0.39, 0.29) is 0 Å². The van der Waals surface area contributed by atoms with Crippen molar-refractivity contribution in [1.29, 1.82) is 0 Å². The second-order valence-electron chi connectivity index (χ2n) is 6.52. The molecule has 18 heavy (non-hydrogen) atoms. The minimum Gasteiger partial charge on any atom is -0.315 e. The van der Waals surface area contributed by atoms with E-state index in [1.165, 1.54) is 31.4 Å². The average molecular weight is 247 g/mol. The van der Waals surface area contributed by atoms with Gasteiger partial charge in [0.25, 0.3) is 0 Å². The summed E-state index contributed by atoms with van der Waals surface area (Å²) in [5, 5.41) is 8.26. The van der Waals surface area contributed by atoms with Crippen molar-refractivity contribution in [3.05, 3.63) is 18.0 Å². The molecule has 2 heterocycles. The highest BCUT2D eigenvalue weighted by Gasteiger charge is 2.40. The van der Waals surface area contributed by atoms with Crippen LogP contribution >= 0.6 is 0 Å². The van der Waals surface area contributed by atoms with Crippen LogP contribution in [0, 0.1) is 11.3 Å². The van der Waals surface area contributed by atoms with Gasteiger partial charge in [-0.05, 0) is 31.2 Å². The lowest BCUT2D eigenvalue weighted by atomic mass is 9.69. The van der Waals surface area contributed by atoms with Gasteiger partial charge in [-0.15, -0.1) is 0 Å². The quantitative estimate of drug-likeness (QED) is 0.886. The van der Waals surface area contributed by atoms with Crippen LogP contribution in [0.1, 0.15) is 51.3 Å². The molecule has 0 unspecified atom stereocenters. The van der Waals surface area contributed by atoms with Crippen LogP contribution < -0.4 is 5.32 Å². The summed E-state index contributed by atoms with van der Waals surface area (Å²) < 4.78 is 2.22. The highest BCUT2D eigenvalue weighted by molar-refractivity contribution is 5.08. The van der Waals surface area contributed by atoms with Gasteiger partial charge in [-0.2, -0.15) is 5.10 Å². The molecular weight excluding hydrogens is 222 g/mol. The molecule has 1 aliphatic carbocycles. The predicted octanol–water partition coefficient (Wildman–Crippen LogP) is 2.79. The third-order valence-electron chi connectivity index (χ3n) is 5.07. The molecule has 0 amide bonds. The summed E-state index contributed by atoms with van der Waals surface area (Å²) in [7, 11) is 0. The zero-order chi connectivity index (χ0) is 12.6. The first-order chi connectivity index (χ1) is 8.70. The molecule has 0 aromatic carbocycles. The number of rotatable bonds is 4. The summed E-state index contributed by atoms with van der Waals surface area (Å²) in [6.45, 7) is 6.99. The molecule has 0 radical (unpaired) electrons. The van der Waals surface area contributed by atoms with E-state index < -0.39 is 0 Å². The van der Waals surface area contributed by atoms with Crippen LogP contribution in [0.15, 0.2) is 12.3 Å². The topological polar surface area (TPSA) is 29.9 Å². The Hall–Kier alpha value is -0.830. The van der Waals surface area contributed by atoms with Crippen LogP contribution in [0.5, 0.6) is 0 Å². The van der Waals surface area contributed by atoms with Crippen molar-refractivity contribution in [3.63, 3.8) is 0 Å². The Morgan fingerprint density at radius 1 is 1.39 bits per heavy atom. The molecule has 2 aliphatic rings. The third kappa shape index (κ3) is 2.09. The van der Waals surface area contributed by atoms with Crippen molar-refractivity contribution in [2.75, 3.05) is 13.1 Å². The number of aromatic nitrogens is 2. The molecule has 2 fully saturated rings. The Morgan fingerprint density at radius 3 is 2.67 bits per heavy atom. The molecule has 3 nitrogen and oxygen atoms in total. The van der Waals surface area contributed by atoms with Gasteiger partial charge in [0.1, 0.15) is 0 Å². The van der Waals surface area contributed by atoms with E-state index in [0.29, 0.717) is 11.5 Å². The Balaban J connectivity index is 1.69. The van der Waals surface area contributed by atoms with E-state index in [1.807, 2.05) is 0 Å². The summed E-state index contributed by atoms with van der Waals surface area (Å²) in [6.07, 6.45) is 8.72. The Kier molecular flexibility index (Phi) is 3.18. The maximum Gasteiger partial charge on any atom is 0.0631 e. The third-order valence-corrected chi connectivity index (χ3v) is 5.07. The Labute approximate surface area is 110 Å². The van der Waals surface area contributed by atoms with E-state index in [4.69, 9.17) is 5.10 Å². The normalized spacial score (nSPS) is 23.5. The van der Waals surface area contributed by atoms with Crippen molar-refractivity contribution in [2.24, 2.45) is 11.3 Å². The molecule has 0 atom stereocenters. The van der Waals surface area contributed by atoms with Gasteiger partial charge in [0, 0.05) is 24.7 Å². The molecule has 1 saturated heterocycles. The maximum atomic E-state index is 4.83. The summed E-state index contributed by atoms with van der Waals surface area (Å²) in [6, 6.07) is 2.91. The van der Waals surface area contributed by atoms with Crippen LogP contribution in [0.3, 0.4) is 0 Å². The second-order valence-corrected chi connectivity index (χ2v) is 6.52. The number of hydrogen-bond acceptors (Lipinski definition) is 2. The van der Waals surface area contributed by atoms with Crippen LogP contribution in [-0.4, -0.2) is 22.9 Å². The fourth-order valence-electron chi connectivity index (χ4n) is 3.39. The van der Waals surface area contributed by atoms with Crippen molar-refractivity contribution in [1.82, 2.24) is 15.1 Å². The van der Waals surface area contributed by atoms with Gasteiger partial charge >= 0.3 is 0 Å². The van der Waals surface area contributed by atoms with Crippen LogP contribution in [0.25, 0.3) is 0 Å². The molecule has 100 valence electrons. The molecular formula is C15H25N3. The van der Waals surface area contributed by atoms with E-state index in [0.717, 1.165) is 25.4 Å². The monoisotopic (exact) mass is 247 g/mol. The zero-order valence-corrected chi connectivity index (χ0v) is 11.7. The molecule has 0 spiro atoms. The largest absolute Gasteiger partial charge is 0.315 e. The van der Waals surface area contributed by atoms with Crippen LogP contribution in [0.4, 0.5) is 0 Å². The van der Waals surface area contributed by atoms with Gasteiger partial charge in [-0.3, -0.25) is 4.68 Å². The minimum atomic E-state index is 0.453. The van der Waals surface area contributed by atoms with Crippen molar-refractivity contribution in [3.8, 4) is 0 Å².